The van der Waals surface area contributed by atoms with Crippen molar-refractivity contribution >= 4 is 17.8 Å². The molecule has 1 amide bonds. The van der Waals surface area contributed by atoms with Crippen LogP contribution < -0.4 is 5.32 Å². The van der Waals surface area contributed by atoms with Gasteiger partial charge in [0.05, 0.1) is 178 Å². The van der Waals surface area contributed by atoms with E-state index in [1.807, 2.05) is 20.8 Å². The van der Waals surface area contributed by atoms with Crippen LogP contribution in [0.5, 0.6) is 0 Å². The highest BCUT2D eigenvalue weighted by molar-refractivity contribution is 5.80. The Morgan fingerprint density at radius 3 is 0.912 bits per heavy atom. The number of rotatable bonds is 46. The lowest BCUT2D eigenvalue weighted by atomic mass is 10.2. The third-order valence-corrected chi connectivity index (χ3v) is 6.69. The Bertz CT molecular complexity index is 895. The summed E-state index contributed by atoms with van der Waals surface area (Å²) in [6.45, 7) is 17.9. The minimum atomic E-state index is -0.986. The van der Waals surface area contributed by atoms with E-state index >= 15 is 0 Å². The van der Waals surface area contributed by atoms with E-state index in [0.29, 0.717) is 185 Å². The Labute approximate surface area is 339 Å². The van der Waals surface area contributed by atoms with E-state index in [9.17, 15) is 14.4 Å². The molecule has 0 saturated carbocycles. The molecule has 338 valence electrons. The molecule has 0 spiro atoms. The van der Waals surface area contributed by atoms with E-state index in [4.69, 9.17) is 71.4 Å². The molecule has 0 aromatic heterocycles. The fourth-order valence-electron chi connectivity index (χ4n) is 4.00. The zero-order valence-corrected chi connectivity index (χ0v) is 34.8. The third kappa shape index (κ3) is 50.0. The van der Waals surface area contributed by atoms with Crippen molar-refractivity contribution in [2.24, 2.45) is 0 Å². The molecule has 0 aliphatic rings. The van der Waals surface area contributed by atoms with E-state index in [0.717, 1.165) is 0 Å². The van der Waals surface area contributed by atoms with Gasteiger partial charge in [-0.2, -0.15) is 0 Å². The number of nitrogens with one attached hydrogen (secondary N) is 1. The second-order valence-electron chi connectivity index (χ2n) is 12.9. The lowest BCUT2D eigenvalue weighted by Crippen LogP contribution is -2.25. The summed E-state index contributed by atoms with van der Waals surface area (Å²) in [7, 11) is 0. The molecule has 0 rings (SSSR count). The maximum Gasteiger partial charge on any atom is 0.308 e. The molecule has 0 aliphatic carbocycles. The Morgan fingerprint density at radius 1 is 0.386 bits per heavy atom. The smallest absolute Gasteiger partial charge is 0.308 e. The van der Waals surface area contributed by atoms with E-state index in [2.05, 4.69) is 5.32 Å². The van der Waals surface area contributed by atoms with Crippen molar-refractivity contribution in [3.8, 4) is 0 Å². The van der Waals surface area contributed by atoms with Gasteiger partial charge in [-0.15, -0.1) is 0 Å². The van der Waals surface area contributed by atoms with Crippen LogP contribution in [0.2, 0.25) is 0 Å². The number of ether oxygens (including phenoxy) is 14. The van der Waals surface area contributed by atoms with Crippen molar-refractivity contribution in [2.45, 2.75) is 52.1 Å². The molecule has 0 heterocycles. The first-order valence-corrected chi connectivity index (χ1v) is 19.9. The second kappa shape index (κ2) is 43.5. The fraction of sp³-hybridized carbons (Fsp3) is 0.921. The molecule has 19 nitrogen and oxygen atoms in total. The van der Waals surface area contributed by atoms with Crippen LogP contribution in [0.15, 0.2) is 0 Å². The van der Waals surface area contributed by atoms with Gasteiger partial charge in [0.2, 0.25) is 5.91 Å². The number of hydrogen-bond acceptors (Lipinski definition) is 17. The summed E-state index contributed by atoms with van der Waals surface area (Å²) in [5.74, 6) is -1.53. The first-order valence-electron chi connectivity index (χ1n) is 19.9. The molecule has 0 radical (unpaired) electrons. The highest BCUT2D eigenvalue weighted by atomic mass is 16.6. The number of amides is 1. The van der Waals surface area contributed by atoms with Crippen LogP contribution in [-0.2, 0) is 80.7 Å². The fourth-order valence-corrected chi connectivity index (χ4v) is 4.00. The zero-order chi connectivity index (χ0) is 41.8. The van der Waals surface area contributed by atoms with Gasteiger partial charge >= 0.3 is 11.9 Å². The number of carboxylic acids is 1. The number of esters is 1. The second-order valence-corrected chi connectivity index (χ2v) is 12.9. The summed E-state index contributed by atoms with van der Waals surface area (Å²) < 4.78 is 76.1. The largest absolute Gasteiger partial charge is 0.481 e. The van der Waals surface area contributed by atoms with E-state index in [1.165, 1.54) is 0 Å². The highest BCUT2D eigenvalue weighted by Gasteiger charge is 2.15. The average Bonchev–Trinajstić information content (AvgIpc) is 3.16. The van der Waals surface area contributed by atoms with Crippen molar-refractivity contribution in [1.29, 1.82) is 0 Å². The van der Waals surface area contributed by atoms with Gasteiger partial charge in [-0.3, -0.25) is 14.4 Å². The number of hydrogen-bond donors (Lipinski definition) is 2. The van der Waals surface area contributed by atoms with E-state index in [-0.39, 0.29) is 31.1 Å². The van der Waals surface area contributed by atoms with Crippen molar-refractivity contribution in [1.82, 2.24) is 5.32 Å². The van der Waals surface area contributed by atoms with Gasteiger partial charge in [0.15, 0.2) is 0 Å². The monoisotopic (exact) mass is 831 g/mol. The van der Waals surface area contributed by atoms with Gasteiger partial charge in [0.1, 0.15) is 5.60 Å². The minimum absolute atomic E-state index is 0.0149. The summed E-state index contributed by atoms with van der Waals surface area (Å²) in [5.41, 5.74) is -0.482. The van der Waals surface area contributed by atoms with Gasteiger partial charge in [-0.25, -0.2) is 0 Å². The Kier molecular flexibility index (Phi) is 41.9. The van der Waals surface area contributed by atoms with Crippen molar-refractivity contribution < 1.29 is 85.8 Å². The molecule has 2 N–H and O–H groups in total. The molecule has 0 bridgehead atoms. The summed E-state index contributed by atoms with van der Waals surface area (Å²) in [4.78, 5) is 33.4. The van der Waals surface area contributed by atoms with E-state index < -0.39 is 11.6 Å². The van der Waals surface area contributed by atoms with Crippen LogP contribution in [0.4, 0.5) is 0 Å². The normalized spacial score (nSPS) is 11.6. The van der Waals surface area contributed by atoms with Crippen LogP contribution in [-0.4, -0.2) is 207 Å². The Morgan fingerprint density at radius 2 is 0.649 bits per heavy atom. The van der Waals surface area contributed by atoms with Gasteiger partial charge in [-0.1, -0.05) is 0 Å². The van der Waals surface area contributed by atoms with Crippen LogP contribution in [0.3, 0.4) is 0 Å². The maximum absolute atomic E-state index is 11.6. The minimum Gasteiger partial charge on any atom is -0.481 e. The predicted octanol–water partition coefficient (Wildman–Crippen LogP) is 1.31. The summed E-state index contributed by atoms with van der Waals surface area (Å²) in [6.07, 6.45) is 0.686. The highest BCUT2D eigenvalue weighted by Crippen LogP contribution is 2.08. The maximum atomic E-state index is 11.6. The standard InChI is InChI=1S/C38H73NO18/c1-38(2,3)57-37(43)7-10-45-12-14-47-16-18-49-20-22-51-24-26-53-28-30-55-32-34-56-33-31-54-29-27-52-25-23-50-21-19-48-17-15-46-13-11-44-9-4-8-39-35(40)5-6-36(41)42/h4-34H2,1-3H3,(H,39,40)(H,41,42). The molecule has 0 aromatic carbocycles. The van der Waals surface area contributed by atoms with Crippen LogP contribution in [0.25, 0.3) is 0 Å². The molecular weight excluding hydrogens is 758 g/mol. The molecule has 0 aromatic rings. The Hall–Kier alpha value is -2.11. The van der Waals surface area contributed by atoms with Gasteiger partial charge in [-0.05, 0) is 27.2 Å². The summed E-state index contributed by atoms with van der Waals surface area (Å²) >= 11 is 0. The molecule has 0 unspecified atom stereocenters. The van der Waals surface area contributed by atoms with Gasteiger partial charge in [0, 0.05) is 19.6 Å². The number of carboxylic acid groups (broad SMARTS) is 1. The summed E-state index contributed by atoms with van der Waals surface area (Å²) in [5, 5.41) is 11.2. The molecule has 57 heavy (non-hydrogen) atoms. The van der Waals surface area contributed by atoms with Gasteiger partial charge < -0.3 is 76.7 Å². The van der Waals surface area contributed by atoms with Crippen LogP contribution in [0.1, 0.15) is 46.5 Å². The summed E-state index contributed by atoms with van der Waals surface area (Å²) in [6, 6.07) is 0. The average molecular weight is 832 g/mol. The Balaban J connectivity index is 3.12. The van der Waals surface area contributed by atoms with Crippen molar-refractivity contribution in [2.75, 3.05) is 178 Å². The number of carbonyl (C=O) groups excluding carboxylic acids is 2. The van der Waals surface area contributed by atoms with Gasteiger partial charge in [0.25, 0.3) is 0 Å². The molecule has 0 fully saturated rings. The predicted molar refractivity (Wildman–Crippen MR) is 206 cm³/mol. The SMILES string of the molecule is CC(C)(C)OC(=O)CCOCCOCCOCCOCCOCCOCCOCCOCCOCCOCCOCCOCCOCCCNC(=O)CCC(=O)O. The lowest BCUT2D eigenvalue weighted by Gasteiger charge is -2.19. The molecule has 0 saturated heterocycles. The first kappa shape index (κ1) is 54.9. The molecule has 0 aliphatic heterocycles. The van der Waals surface area contributed by atoms with Crippen molar-refractivity contribution in [3.63, 3.8) is 0 Å². The van der Waals surface area contributed by atoms with Crippen molar-refractivity contribution in [3.05, 3.63) is 0 Å². The van der Waals surface area contributed by atoms with Crippen LogP contribution in [0, 0.1) is 0 Å². The van der Waals surface area contributed by atoms with E-state index in [1.54, 1.807) is 0 Å². The topological polar surface area (TPSA) is 213 Å². The molecular formula is C38H73NO18. The molecule has 0 atom stereocenters. The third-order valence-electron chi connectivity index (χ3n) is 6.69. The first-order chi connectivity index (χ1) is 27.7. The zero-order valence-electron chi connectivity index (χ0n) is 34.8. The number of aliphatic carboxylic acids is 1. The quantitative estimate of drug-likeness (QED) is 0.0654. The lowest BCUT2D eigenvalue weighted by molar-refractivity contribution is -0.156. The molecule has 19 heteroatoms. The van der Waals surface area contributed by atoms with Crippen LogP contribution >= 0.6 is 0 Å². The number of carbonyl (C=O) groups is 3.